The van der Waals surface area contributed by atoms with Gasteiger partial charge < -0.3 is 5.11 Å². The summed E-state index contributed by atoms with van der Waals surface area (Å²) < 4.78 is 0. The van der Waals surface area contributed by atoms with Crippen LogP contribution in [0.4, 0.5) is 5.69 Å². The smallest absolute Gasteiger partial charge is 0.346 e. The molecule has 0 unspecified atom stereocenters. The molecule has 0 radical (unpaired) electrons. The summed E-state index contributed by atoms with van der Waals surface area (Å²) in [5.74, 6) is -1.16. The maximum atomic E-state index is 10.9. The molecule has 1 aromatic carbocycles. The fourth-order valence-corrected chi connectivity index (χ4v) is 2.37. The van der Waals surface area contributed by atoms with Gasteiger partial charge in [0.2, 0.25) is 0 Å². The summed E-state index contributed by atoms with van der Waals surface area (Å²) in [6.45, 7) is 0. The van der Waals surface area contributed by atoms with Gasteiger partial charge in [-0.25, -0.2) is 4.79 Å². The Balaban J connectivity index is 2.36. The molecule has 0 saturated heterocycles. The molecule has 0 aliphatic heterocycles. The van der Waals surface area contributed by atoms with E-state index in [-0.39, 0.29) is 10.6 Å². The van der Waals surface area contributed by atoms with Crippen LogP contribution in [0.15, 0.2) is 36.4 Å². The second kappa shape index (κ2) is 5.45. The number of nitrogens with zero attached hydrogens (tertiary/aromatic N) is 1. The largest absolute Gasteiger partial charge is 0.477 e. The molecule has 0 fully saturated rings. The number of carboxylic acid groups (broad SMARTS) is 1. The van der Waals surface area contributed by atoms with E-state index in [1.165, 1.54) is 0 Å². The minimum Gasteiger partial charge on any atom is -0.477 e. The summed E-state index contributed by atoms with van der Waals surface area (Å²) >= 11 is 0.887. The second-order valence-electron chi connectivity index (χ2n) is 3.67. The normalized spacial score (nSPS) is 10.7. The Morgan fingerprint density at radius 1 is 1.26 bits per heavy atom. The summed E-state index contributed by atoms with van der Waals surface area (Å²) in [6.07, 6.45) is 3.27. The van der Waals surface area contributed by atoms with E-state index in [0.717, 1.165) is 23.0 Å². The molecular weight excluding hydrogens is 266 g/mol. The third-order valence-electron chi connectivity index (χ3n) is 2.37. The number of hydrogen-bond donors (Lipinski definition) is 1. The Morgan fingerprint density at radius 2 is 1.95 bits per heavy atom. The number of nitro groups is 1. The van der Waals surface area contributed by atoms with Gasteiger partial charge in [-0.1, -0.05) is 36.4 Å². The molecule has 1 heterocycles. The number of thiophene rings is 1. The van der Waals surface area contributed by atoms with Crippen LogP contribution in [-0.2, 0) is 0 Å². The predicted molar refractivity (Wildman–Crippen MR) is 73.3 cm³/mol. The van der Waals surface area contributed by atoms with Crippen molar-refractivity contribution in [3.05, 3.63) is 61.8 Å². The van der Waals surface area contributed by atoms with Crippen LogP contribution < -0.4 is 0 Å². The highest BCUT2D eigenvalue weighted by atomic mass is 32.1. The zero-order chi connectivity index (χ0) is 13.8. The number of rotatable bonds is 4. The van der Waals surface area contributed by atoms with Gasteiger partial charge in [0.1, 0.15) is 9.75 Å². The summed E-state index contributed by atoms with van der Waals surface area (Å²) in [6, 6.07) is 10.4. The Hall–Kier alpha value is -2.47. The van der Waals surface area contributed by atoms with E-state index in [1.807, 2.05) is 30.3 Å². The van der Waals surface area contributed by atoms with Crippen LogP contribution in [0, 0.1) is 10.1 Å². The first-order valence-electron chi connectivity index (χ1n) is 5.32. The van der Waals surface area contributed by atoms with E-state index < -0.39 is 10.9 Å². The lowest BCUT2D eigenvalue weighted by atomic mass is 10.2. The minimum atomic E-state index is -1.16. The lowest BCUT2D eigenvalue weighted by Crippen LogP contribution is -1.91. The second-order valence-corrected chi connectivity index (χ2v) is 4.75. The van der Waals surface area contributed by atoms with Crippen molar-refractivity contribution in [2.75, 3.05) is 0 Å². The lowest BCUT2D eigenvalue weighted by Gasteiger charge is -1.91. The molecule has 0 bridgehead atoms. The number of benzene rings is 1. The Morgan fingerprint density at radius 3 is 2.53 bits per heavy atom. The van der Waals surface area contributed by atoms with Crippen LogP contribution in [-0.4, -0.2) is 16.0 Å². The van der Waals surface area contributed by atoms with Crippen LogP contribution in [0.1, 0.15) is 20.1 Å². The van der Waals surface area contributed by atoms with E-state index in [2.05, 4.69) is 0 Å². The van der Waals surface area contributed by atoms with E-state index in [0.29, 0.717) is 4.88 Å². The van der Waals surface area contributed by atoms with Crippen molar-refractivity contribution in [3.8, 4) is 0 Å². The SMILES string of the molecule is O=C(O)c1cc([N+](=O)[O-])c(/C=C\c2ccccc2)s1. The number of hydrogen-bond acceptors (Lipinski definition) is 4. The summed E-state index contributed by atoms with van der Waals surface area (Å²) in [4.78, 5) is 21.4. The summed E-state index contributed by atoms with van der Waals surface area (Å²) in [5.41, 5.74) is 0.705. The predicted octanol–water partition coefficient (Wildman–Crippen LogP) is 3.52. The van der Waals surface area contributed by atoms with Crippen molar-refractivity contribution < 1.29 is 14.8 Å². The summed E-state index contributed by atoms with van der Waals surface area (Å²) in [5, 5.41) is 19.7. The Labute approximate surface area is 112 Å². The molecule has 0 atom stereocenters. The molecule has 2 aromatic rings. The van der Waals surface area contributed by atoms with Crippen molar-refractivity contribution in [2.24, 2.45) is 0 Å². The Kier molecular flexibility index (Phi) is 3.72. The van der Waals surface area contributed by atoms with Crippen molar-refractivity contribution >= 4 is 35.1 Å². The molecule has 1 aromatic heterocycles. The third kappa shape index (κ3) is 3.05. The van der Waals surface area contributed by atoms with Crippen LogP contribution in [0.25, 0.3) is 12.2 Å². The fourth-order valence-electron chi connectivity index (χ4n) is 1.50. The summed E-state index contributed by atoms with van der Waals surface area (Å²) in [7, 11) is 0. The van der Waals surface area contributed by atoms with E-state index in [9.17, 15) is 14.9 Å². The molecule has 0 aliphatic rings. The first kappa shape index (κ1) is 13.0. The molecule has 96 valence electrons. The maximum Gasteiger partial charge on any atom is 0.346 e. The molecule has 1 N–H and O–H groups in total. The van der Waals surface area contributed by atoms with E-state index in [1.54, 1.807) is 12.2 Å². The van der Waals surface area contributed by atoms with E-state index >= 15 is 0 Å². The first-order valence-corrected chi connectivity index (χ1v) is 6.14. The first-order chi connectivity index (χ1) is 9.08. The van der Waals surface area contributed by atoms with Gasteiger partial charge in [-0.2, -0.15) is 0 Å². The molecular formula is C13H9NO4S. The molecule has 0 saturated carbocycles. The van der Waals surface area contributed by atoms with Crippen molar-refractivity contribution in [2.45, 2.75) is 0 Å². The zero-order valence-electron chi connectivity index (χ0n) is 9.65. The van der Waals surface area contributed by atoms with Crippen LogP contribution in [0.2, 0.25) is 0 Å². The lowest BCUT2D eigenvalue weighted by molar-refractivity contribution is -0.384. The highest BCUT2D eigenvalue weighted by Gasteiger charge is 2.20. The van der Waals surface area contributed by atoms with Gasteiger partial charge in [-0.3, -0.25) is 10.1 Å². The highest BCUT2D eigenvalue weighted by molar-refractivity contribution is 7.15. The van der Waals surface area contributed by atoms with Crippen molar-refractivity contribution in [1.29, 1.82) is 0 Å². The average molecular weight is 275 g/mol. The number of carbonyl (C=O) groups is 1. The molecule has 0 amide bonds. The highest BCUT2D eigenvalue weighted by Crippen LogP contribution is 2.30. The average Bonchev–Trinajstić information content (AvgIpc) is 2.82. The number of carboxylic acids is 1. The molecule has 0 aliphatic carbocycles. The maximum absolute atomic E-state index is 10.9. The Bertz CT molecular complexity index is 646. The quantitative estimate of drug-likeness (QED) is 0.683. The van der Waals surface area contributed by atoms with Gasteiger partial charge in [0.15, 0.2) is 0 Å². The molecule has 2 rings (SSSR count). The van der Waals surface area contributed by atoms with Crippen LogP contribution in [0.3, 0.4) is 0 Å². The van der Waals surface area contributed by atoms with Gasteiger partial charge in [0.05, 0.1) is 4.92 Å². The number of aromatic carboxylic acids is 1. The monoisotopic (exact) mass is 275 g/mol. The minimum absolute atomic E-state index is 0.0422. The van der Waals surface area contributed by atoms with Crippen molar-refractivity contribution in [3.63, 3.8) is 0 Å². The molecule has 5 nitrogen and oxygen atoms in total. The van der Waals surface area contributed by atoms with Crippen LogP contribution >= 0.6 is 11.3 Å². The van der Waals surface area contributed by atoms with Gasteiger partial charge in [0.25, 0.3) is 5.69 Å². The molecule has 0 spiro atoms. The molecule has 6 heteroatoms. The zero-order valence-corrected chi connectivity index (χ0v) is 10.5. The van der Waals surface area contributed by atoms with Crippen molar-refractivity contribution in [1.82, 2.24) is 0 Å². The topological polar surface area (TPSA) is 80.4 Å². The van der Waals surface area contributed by atoms with Crippen LogP contribution in [0.5, 0.6) is 0 Å². The van der Waals surface area contributed by atoms with Gasteiger partial charge >= 0.3 is 5.97 Å². The molecule has 19 heavy (non-hydrogen) atoms. The standard InChI is InChI=1S/C13H9NO4S/c15-13(16)12-8-10(14(17)18)11(19-12)7-6-9-4-2-1-3-5-9/h1-8H,(H,15,16)/b7-6-. The fraction of sp³-hybridized carbons (Fsp3) is 0. The van der Waals surface area contributed by atoms with Gasteiger partial charge in [-0.05, 0) is 11.6 Å². The van der Waals surface area contributed by atoms with Gasteiger partial charge in [0, 0.05) is 6.07 Å². The third-order valence-corrected chi connectivity index (χ3v) is 3.45. The van der Waals surface area contributed by atoms with Gasteiger partial charge in [-0.15, -0.1) is 11.3 Å². The van der Waals surface area contributed by atoms with E-state index in [4.69, 9.17) is 5.11 Å².